The number of carbonyl (C=O) groups excluding carboxylic acids is 2. The number of hydrogen-bond donors (Lipinski definition) is 0. The van der Waals surface area contributed by atoms with Crippen LogP contribution in [-0.4, -0.2) is 138 Å². The molecule has 2 aromatic carbocycles. The fourth-order valence-corrected chi connectivity index (χ4v) is 9.75. The van der Waals surface area contributed by atoms with Crippen LogP contribution in [0.4, 0.5) is 24.9 Å². The third kappa shape index (κ3) is 6.59. The summed E-state index contributed by atoms with van der Waals surface area (Å²) < 4.78 is 60.5. The van der Waals surface area contributed by atoms with Crippen molar-refractivity contribution in [1.29, 1.82) is 0 Å². The van der Waals surface area contributed by atoms with Gasteiger partial charge in [0.25, 0.3) is 0 Å². The number of halogens is 3. The molecule has 62 heavy (non-hydrogen) atoms. The lowest BCUT2D eigenvalue weighted by atomic mass is 9.87. The summed E-state index contributed by atoms with van der Waals surface area (Å²) in [5, 5.41) is 4.95. The Balaban J connectivity index is 1.02. The second kappa shape index (κ2) is 14.7. The second-order valence-electron chi connectivity index (χ2n) is 17.2. The number of piperidine rings is 1. The number of aromatic nitrogens is 8. The van der Waals surface area contributed by atoms with E-state index < -0.39 is 35.6 Å². The van der Waals surface area contributed by atoms with Gasteiger partial charge in [0.2, 0.25) is 11.9 Å². The standard InChI is InChI=1S/C43H43F3N12O4/c1-22-49-33-12-25(45)10-29-32-8-9-47-43(50-32)62-27-14-35(37(59)21-53(2)18-28(61-3)20-55(22)38(29)33)56(19-27)39-30-15-48-58(34-7-6-24(44)11-31(34)46)40(30)52-42(51-39)57-26-13-36(57)41(60)54(17-26)16-23-4-5-23/h6-12,15,23,26-28,35-36H,4-5,13-14,16-21H2,1-3H3/t26?,27?,28-,35-,36+/m0/s1. The molecule has 6 aromatic rings. The fraction of sp³-hybridized carbons (Fsp3) is 0.442. The smallest absolute Gasteiger partial charge is 0.317 e. The number of amides is 1. The first kappa shape index (κ1) is 38.7. The van der Waals surface area contributed by atoms with Crippen molar-refractivity contribution in [3.8, 4) is 23.0 Å². The number of fused-ring (bicyclic) bond motifs is 8. The van der Waals surface area contributed by atoms with E-state index >= 15 is 8.78 Å². The third-order valence-corrected chi connectivity index (χ3v) is 12.9. The van der Waals surface area contributed by atoms with Gasteiger partial charge in [-0.15, -0.1) is 0 Å². The van der Waals surface area contributed by atoms with Crippen LogP contribution in [-0.2, 0) is 20.9 Å². The summed E-state index contributed by atoms with van der Waals surface area (Å²) in [4.78, 5) is 60.0. The highest BCUT2D eigenvalue weighted by Crippen LogP contribution is 2.42. The van der Waals surface area contributed by atoms with Gasteiger partial charge in [-0.3, -0.25) is 14.5 Å². The molecule has 0 spiro atoms. The number of Topliss-reactive ketones (excluding diaryl/α,β-unsaturated/α-hetero) is 1. The number of hydrogen-bond acceptors (Lipinski definition) is 13. The number of ketones is 1. The molecule has 1 saturated carbocycles. The summed E-state index contributed by atoms with van der Waals surface area (Å²) in [5.41, 5.74) is 2.29. The molecule has 5 aliphatic heterocycles. The van der Waals surface area contributed by atoms with Crippen LogP contribution >= 0.6 is 0 Å². The largest absolute Gasteiger partial charge is 0.458 e. The van der Waals surface area contributed by atoms with Crippen LogP contribution < -0.4 is 14.5 Å². The molecule has 0 N–H and O–H groups in total. The molecule has 1 amide bonds. The molecule has 19 heteroatoms. The highest BCUT2D eigenvalue weighted by atomic mass is 19.1. The number of likely N-dealkylation sites (N-methyl/N-ethyl adjacent to an activating group) is 1. The maximum atomic E-state index is 15.5. The average Bonchev–Trinajstić information content (AvgIpc) is 3.65. The van der Waals surface area contributed by atoms with E-state index in [1.54, 1.807) is 19.4 Å². The van der Waals surface area contributed by atoms with Gasteiger partial charge in [0.05, 0.1) is 66.1 Å². The summed E-state index contributed by atoms with van der Waals surface area (Å²) in [6, 6.07) is 6.48. The minimum atomic E-state index is -0.840. The van der Waals surface area contributed by atoms with Gasteiger partial charge in [0.15, 0.2) is 17.2 Å². The van der Waals surface area contributed by atoms with Gasteiger partial charge in [-0.2, -0.15) is 20.1 Å². The molecule has 2 unspecified atom stereocenters. The lowest BCUT2D eigenvalue weighted by Crippen LogP contribution is -2.72. The van der Waals surface area contributed by atoms with E-state index in [0.717, 1.165) is 31.5 Å². The zero-order chi connectivity index (χ0) is 42.6. The zero-order valence-electron chi connectivity index (χ0n) is 34.3. The number of nitrogens with zero attached hydrogens (tertiary/aromatic N) is 12. The predicted molar refractivity (Wildman–Crippen MR) is 219 cm³/mol. The molecular formula is C43H43F3N12O4. The monoisotopic (exact) mass is 848 g/mol. The van der Waals surface area contributed by atoms with Crippen molar-refractivity contribution in [1.82, 2.24) is 49.1 Å². The van der Waals surface area contributed by atoms with Gasteiger partial charge in [0.1, 0.15) is 41.1 Å². The average molecular weight is 849 g/mol. The van der Waals surface area contributed by atoms with Crippen LogP contribution in [0, 0.1) is 30.3 Å². The minimum absolute atomic E-state index is 0.0205. The lowest BCUT2D eigenvalue weighted by molar-refractivity contribution is -0.140. The fourth-order valence-electron chi connectivity index (χ4n) is 9.75. The minimum Gasteiger partial charge on any atom is -0.458 e. The molecule has 12 rings (SSSR count). The van der Waals surface area contributed by atoms with Crippen LogP contribution in [0.2, 0.25) is 0 Å². The van der Waals surface area contributed by atoms with Crippen molar-refractivity contribution in [2.75, 3.05) is 56.7 Å². The van der Waals surface area contributed by atoms with Crippen molar-refractivity contribution in [3.63, 3.8) is 0 Å². The number of aryl methyl sites for hydroxylation is 1. The summed E-state index contributed by atoms with van der Waals surface area (Å²) >= 11 is 0. The number of ether oxygens (including phenoxy) is 2. The Labute approximate surface area is 353 Å². The van der Waals surface area contributed by atoms with Crippen molar-refractivity contribution in [2.24, 2.45) is 5.92 Å². The van der Waals surface area contributed by atoms with E-state index in [1.165, 1.54) is 29.1 Å². The third-order valence-electron chi connectivity index (χ3n) is 12.9. The van der Waals surface area contributed by atoms with E-state index in [-0.39, 0.29) is 66.6 Å². The predicted octanol–water partition coefficient (Wildman–Crippen LogP) is 4.10. The number of methoxy groups -OCH3 is 1. The first-order valence-electron chi connectivity index (χ1n) is 20.9. The molecule has 0 radical (unpaired) electrons. The van der Waals surface area contributed by atoms with E-state index in [1.807, 2.05) is 38.1 Å². The Morgan fingerprint density at radius 1 is 0.919 bits per heavy atom. The van der Waals surface area contributed by atoms with Crippen LogP contribution in [0.15, 0.2) is 48.8 Å². The number of piperazine rings is 1. The van der Waals surface area contributed by atoms with Gasteiger partial charge < -0.3 is 28.7 Å². The number of benzene rings is 2. The summed E-state index contributed by atoms with van der Waals surface area (Å²) in [7, 11) is 3.47. The van der Waals surface area contributed by atoms with Crippen LogP contribution in [0.3, 0.4) is 0 Å². The Morgan fingerprint density at radius 3 is 2.56 bits per heavy atom. The maximum absolute atomic E-state index is 15.5. The van der Waals surface area contributed by atoms with E-state index in [0.29, 0.717) is 71.3 Å². The first-order chi connectivity index (χ1) is 30.0. The quantitative estimate of drug-likeness (QED) is 0.237. The van der Waals surface area contributed by atoms with Gasteiger partial charge in [-0.1, -0.05) is 0 Å². The lowest BCUT2D eigenvalue weighted by Gasteiger charge is -2.55. The molecule has 5 fully saturated rings. The Bertz CT molecular complexity index is 2800. The number of imidazole rings is 1. The number of rotatable bonds is 6. The van der Waals surface area contributed by atoms with Crippen molar-refractivity contribution in [2.45, 2.75) is 69.5 Å². The van der Waals surface area contributed by atoms with Gasteiger partial charge in [-0.25, -0.2) is 27.8 Å². The Hall–Kier alpha value is -6.21. The summed E-state index contributed by atoms with van der Waals surface area (Å²) in [6.45, 7) is 4.07. The molecule has 6 bridgehead atoms. The van der Waals surface area contributed by atoms with E-state index in [9.17, 15) is 14.0 Å². The Morgan fingerprint density at radius 2 is 1.77 bits per heavy atom. The van der Waals surface area contributed by atoms with Crippen molar-refractivity contribution >= 4 is 45.5 Å². The molecule has 6 aliphatic rings. The molecular weight excluding hydrogens is 806 g/mol. The topological polar surface area (TPSA) is 153 Å². The van der Waals surface area contributed by atoms with Gasteiger partial charge in [-0.05, 0) is 63.4 Å². The maximum Gasteiger partial charge on any atom is 0.317 e. The van der Waals surface area contributed by atoms with Crippen LogP contribution in [0.5, 0.6) is 6.01 Å². The number of carbonyl (C=O) groups is 2. The second-order valence-corrected chi connectivity index (χ2v) is 17.2. The van der Waals surface area contributed by atoms with Crippen LogP contribution in [0.25, 0.3) is 39.0 Å². The molecule has 16 nitrogen and oxygen atoms in total. The molecule has 4 aromatic heterocycles. The van der Waals surface area contributed by atoms with Crippen molar-refractivity contribution < 1.29 is 32.2 Å². The molecule has 1 aliphatic carbocycles. The van der Waals surface area contributed by atoms with E-state index in [2.05, 4.69) is 15.1 Å². The number of anilines is 2. The van der Waals surface area contributed by atoms with Gasteiger partial charge >= 0.3 is 6.01 Å². The summed E-state index contributed by atoms with van der Waals surface area (Å²) in [6.07, 6.45) is 5.19. The van der Waals surface area contributed by atoms with Crippen LogP contribution in [0.1, 0.15) is 31.5 Å². The molecule has 5 atom stereocenters. The molecule has 320 valence electrons. The highest BCUT2D eigenvalue weighted by molar-refractivity contribution is 5.96. The SMILES string of the molecule is CO[C@H]1CN(C)CC(=O)[C@@H]2CC(CN2c2nc(N3C4C[C@@H]3C(=O)N(CC3CC3)C4)nc3c2cnn3-c2ccc(F)cc2F)Oc2nccc(n2)-c2cc(F)cc3nc(C)n(c23)C1. The normalized spacial score (nSPS) is 24.3. The zero-order valence-corrected chi connectivity index (χ0v) is 34.3. The van der Waals surface area contributed by atoms with E-state index in [4.69, 9.17) is 24.4 Å². The molecule has 9 heterocycles. The Kier molecular flexibility index (Phi) is 9.18. The highest BCUT2D eigenvalue weighted by Gasteiger charge is 2.53. The first-order valence-corrected chi connectivity index (χ1v) is 20.9. The van der Waals surface area contributed by atoms with Crippen molar-refractivity contribution in [3.05, 3.63) is 72.1 Å². The molecule has 4 saturated heterocycles. The van der Waals surface area contributed by atoms with Gasteiger partial charge in [0, 0.05) is 57.1 Å². The summed E-state index contributed by atoms with van der Waals surface area (Å²) in [5.74, 6) is -0.345.